The number of fused-ring (bicyclic) bond motifs is 5. The van der Waals surface area contributed by atoms with E-state index in [0.717, 1.165) is 38.5 Å². The fraction of sp³-hybridized carbons (Fsp3) is 0.708. The maximum absolute atomic E-state index is 12.2. The fourth-order valence-electron chi connectivity index (χ4n) is 7.72. The van der Waals surface area contributed by atoms with Crippen LogP contribution in [-0.4, -0.2) is 32.0 Å². The van der Waals surface area contributed by atoms with Crippen molar-refractivity contribution in [3.8, 4) is 0 Å². The van der Waals surface area contributed by atoms with Gasteiger partial charge >= 0.3 is 0 Å². The Morgan fingerprint density at radius 2 is 1.79 bits per heavy atom. The Morgan fingerprint density at radius 3 is 2.54 bits per heavy atom. The maximum atomic E-state index is 12.2. The van der Waals surface area contributed by atoms with E-state index in [1.54, 1.807) is 6.20 Å². The summed E-state index contributed by atoms with van der Waals surface area (Å²) in [6.07, 6.45) is 10.3. The summed E-state index contributed by atoms with van der Waals surface area (Å²) >= 11 is 0. The molecule has 1 aromatic heterocycles. The molecule has 3 saturated carbocycles. The molecule has 0 radical (unpaired) electrons. The topological polar surface area (TPSA) is 73.6 Å². The number of hydrogen-bond acceptors (Lipinski definition) is 4. The van der Waals surface area contributed by atoms with Crippen molar-refractivity contribution in [2.75, 3.05) is 0 Å². The largest absolute Gasteiger partial charge is 0.389 e. The molecular formula is C24H33NO3. The fourth-order valence-corrected chi connectivity index (χ4v) is 7.72. The zero-order valence-electron chi connectivity index (χ0n) is 17.1. The Bertz CT molecular complexity index is 809. The molecule has 0 bridgehead atoms. The van der Waals surface area contributed by atoms with E-state index in [4.69, 9.17) is 0 Å². The van der Waals surface area contributed by atoms with Crippen LogP contribution in [0.5, 0.6) is 0 Å². The number of allylic oxidation sites excluding steroid dienone is 1. The van der Waals surface area contributed by atoms with E-state index in [9.17, 15) is 15.3 Å². The zero-order chi connectivity index (χ0) is 19.8. The van der Waals surface area contributed by atoms with Crippen molar-refractivity contribution in [2.24, 2.45) is 22.7 Å². The zero-order valence-corrected chi connectivity index (χ0v) is 17.1. The summed E-state index contributed by atoms with van der Waals surface area (Å²) in [6, 6.07) is 5.72. The molecule has 7 atom stereocenters. The molecule has 4 nitrogen and oxygen atoms in total. The molecule has 3 N–H and O–H groups in total. The molecule has 4 aliphatic rings. The number of rotatable bonds is 1. The van der Waals surface area contributed by atoms with Crippen LogP contribution in [0.4, 0.5) is 0 Å². The lowest BCUT2D eigenvalue weighted by molar-refractivity contribution is -0.222. The molecule has 3 fully saturated rings. The molecule has 0 aliphatic heterocycles. The molecule has 4 aliphatic carbocycles. The van der Waals surface area contributed by atoms with Gasteiger partial charge in [-0.15, -0.1) is 0 Å². The highest BCUT2D eigenvalue weighted by atomic mass is 16.3. The van der Waals surface area contributed by atoms with Gasteiger partial charge in [0.25, 0.3) is 0 Å². The van der Waals surface area contributed by atoms with Gasteiger partial charge in [0.1, 0.15) is 5.60 Å². The highest BCUT2D eigenvalue weighted by molar-refractivity contribution is 5.32. The van der Waals surface area contributed by atoms with Gasteiger partial charge in [0.15, 0.2) is 0 Å². The molecule has 28 heavy (non-hydrogen) atoms. The third kappa shape index (κ3) is 2.15. The standard InChI is InChI=1S/C24H33NO3/c1-21-10-8-17(26)15-16(21)6-7-19-18(21)9-11-22(2)23(19,27)12-13-24(22,28)20-5-3-4-14-25-20/h3-5,14-15,17-19,26-28H,6-13H2,1-2H3/t17-,18-,19+,21-,22-,23-,24-/m0/s1. The molecule has 4 heteroatoms. The summed E-state index contributed by atoms with van der Waals surface area (Å²) in [5.41, 5.74) is -0.347. The van der Waals surface area contributed by atoms with Crippen LogP contribution in [0.2, 0.25) is 0 Å². The predicted molar refractivity (Wildman–Crippen MR) is 107 cm³/mol. The normalized spacial score (nSPS) is 50.3. The first-order chi connectivity index (χ1) is 13.2. The lowest BCUT2D eigenvalue weighted by Crippen LogP contribution is -2.63. The van der Waals surface area contributed by atoms with Crippen molar-refractivity contribution in [1.29, 1.82) is 0 Å². The van der Waals surface area contributed by atoms with Gasteiger partial charge < -0.3 is 15.3 Å². The highest BCUT2D eigenvalue weighted by Crippen LogP contribution is 2.70. The molecule has 0 amide bonds. The van der Waals surface area contributed by atoms with Crippen molar-refractivity contribution < 1.29 is 15.3 Å². The SMILES string of the molecule is C[C@]12CC[C@H]3[C@@H](CCC4=C[C@@H](O)CC[C@@]43C)[C@@]1(O)CC[C@]2(O)c1ccccn1. The Labute approximate surface area is 167 Å². The number of pyridine rings is 1. The second-order valence-corrected chi connectivity index (χ2v) is 10.3. The Kier molecular flexibility index (Phi) is 3.96. The molecule has 1 heterocycles. The summed E-state index contributed by atoms with van der Waals surface area (Å²) in [5.74, 6) is 0.616. The van der Waals surface area contributed by atoms with Crippen molar-refractivity contribution >= 4 is 0 Å². The Hall–Kier alpha value is -1.23. The molecule has 1 aromatic rings. The number of aliphatic hydroxyl groups excluding tert-OH is 1. The van der Waals surface area contributed by atoms with Crippen LogP contribution in [0.15, 0.2) is 36.0 Å². The molecule has 0 saturated heterocycles. The molecule has 5 rings (SSSR count). The monoisotopic (exact) mass is 383 g/mol. The summed E-state index contributed by atoms with van der Waals surface area (Å²) < 4.78 is 0. The number of hydrogen-bond donors (Lipinski definition) is 3. The lowest BCUT2D eigenvalue weighted by atomic mass is 9.44. The average molecular weight is 384 g/mol. The average Bonchev–Trinajstić information content (AvgIpc) is 2.91. The second-order valence-electron chi connectivity index (χ2n) is 10.3. The van der Waals surface area contributed by atoms with Crippen LogP contribution in [-0.2, 0) is 5.60 Å². The van der Waals surface area contributed by atoms with E-state index in [2.05, 4.69) is 24.9 Å². The number of nitrogens with zero attached hydrogens (tertiary/aromatic N) is 1. The molecule has 152 valence electrons. The first-order valence-electron chi connectivity index (χ1n) is 11.0. The van der Waals surface area contributed by atoms with Gasteiger partial charge in [-0.2, -0.15) is 0 Å². The molecule has 0 aromatic carbocycles. The lowest BCUT2D eigenvalue weighted by Gasteiger charge is -2.62. The molecular weight excluding hydrogens is 350 g/mol. The van der Waals surface area contributed by atoms with Gasteiger partial charge in [0.2, 0.25) is 0 Å². The van der Waals surface area contributed by atoms with Crippen LogP contribution < -0.4 is 0 Å². The van der Waals surface area contributed by atoms with Gasteiger partial charge in [-0.3, -0.25) is 4.98 Å². The first-order valence-corrected chi connectivity index (χ1v) is 11.0. The minimum Gasteiger partial charge on any atom is -0.389 e. The number of aliphatic hydroxyl groups is 3. The van der Waals surface area contributed by atoms with E-state index in [1.807, 2.05) is 18.2 Å². The third-order valence-electron chi connectivity index (χ3n) is 9.51. The van der Waals surface area contributed by atoms with E-state index in [1.165, 1.54) is 5.57 Å². The van der Waals surface area contributed by atoms with Crippen molar-refractivity contribution in [3.05, 3.63) is 41.7 Å². The quantitative estimate of drug-likeness (QED) is 0.647. The minimum atomic E-state index is -1.08. The first kappa shape index (κ1) is 18.8. The summed E-state index contributed by atoms with van der Waals surface area (Å²) in [6.45, 7) is 4.46. The predicted octanol–water partition coefficient (Wildman–Crippen LogP) is 3.71. The van der Waals surface area contributed by atoms with Gasteiger partial charge in [0.05, 0.1) is 17.4 Å². The third-order valence-corrected chi connectivity index (χ3v) is 9.51. The van der Waals surface area contributed by atoms with Gasteiger partial charge in [-0.05, 0) is 80.8 Å². The molecule has 0 unspecified atom stereocenters. The maximum Gasteiger partial charge on any atom is 0.115 e. The van der Waals surface area contributed by atoms with Gasteiger partial charge in [-0.1, -0.05) is 31.6 Å². The van der Waals surface area contributed by atoms with Gasteiger partial charge in [-0.25, -0.2) is 0 Å². The van der Waals surface area contributed by atoms with Crippen LogP contribution in [0.3, 0.4) is 0 Å². The smallest absolute Gasteiger partial charge is 0.115 e. The Balaban J connectivity index is 1.55. The summed E-state index contributed by atoms with van der Waals surface area (Å²) in [7, 11) is 0. The Morgan fingerprint density at radius 1 is 0.964 bits per heavy atom. The van der Waals surface area contributed by atoms with Gasteiger partial charge in [0, 0.05) is 11.6 Å². The van der Waals surface area contributed by atoms with Crippen molar-refractivity contribution in [2.45, 2.75) is 82.5 Å². The van der Waals surface area contributed by atoms with Crippen molar-refractivity contribution in [3.63, 3.8) is 0 Å². The van der Waals surface area contributed by atoms with Crippen LogP contribution in [0, 0.1) is 22.7 Å². The van der Waals surface area contributed by atoms with E-state index in [0.29, 0.717) is 24.5 Å². The van der Waals surface area contributed by atoms with Crippen LogP contribution in [0.25, 0.3) is 0 Å². The highest BCUT2D eigenvalue weighted by Gasteiger charge is 2.72. The van der Waals surface area contributed by atoms with Crippen LogP contribution in [0.1, 0.15) is 70.9 Å². The second kappa shape index (κ2) is 5.90. The summed E-state index contributed by atoms with van der Waals surface area (Å²) in [4.78, 5) is 4.49. The van der Waals surface area contributed by atoms with E-state index >= 15 is 0 Å². The van der Waals surface area contributed by atoms with Crippen molar-refractivity contribution in [1.82, 2.24) is 4.98 Å². The van der Waals surface area contributed by atoms with Crippen LogP contribution >= 0.6 is 0 Å². The molecule has 0 spiro atoms. The van der Waals surface area contributed by atoms with E-state index in [-0.39, 0.29) is 17.4 Å². The number of aromatic nitrogens is 1. The van der Waals surface area contributed by atoms with E-state index < -0.39 is 16.6 Å². The minimum absolute atomic E-state index is 0.0743. The summed E-state index contributed by atoms with van der Waals surface area (Å²) in [5, 5.41) is 34.1.